The van der Waals surface area contributed by atoms with Crippen LogP contribution in [0.3, 0.4) is 0 Å². The van der Waals surface area contributed by atoms with Gasteiger partial charge in [-0.15, -0.1) is 11.3 Å². The number of aromatic nitrogens is 3. The zero-order chi connectivity index (χ0) is 21.4. The normalized spacial score (nSPS) is 13.4. The van der Waals surface area contributed by atoms with E-state index in [-0.39, 0.29) is 10.7 Å². The number of halogens is 3. The van der Waals surface area contributed by atoms with Crippen LogP contribution in [0.15, 0.2) is 48.7 Å². The van der Waals surface area contributed by atoms with Crippen molar-refractivity contribution >= 4 is 27.4 Å². The minimum Gasteiger partial charge on any atom is -0.486 e. The van der Waals surface area contributed by atoms with E-state index in [4.69, 9.17) is 9.47 Å². The molecule has 0 saturated carbocycles. The van der Waals surface area contributed by atoms with Crippen LogP contribution in [0.25, 0.3) is 21.7 Å². The molecule has 0 saturated heterocycles. The lowest BCUT2D eigenvalue weighted by Gasteiger charge is -2.19. The predicted octanol–water partition coefficient (Wildman–Crippen LogP) is 5.16. The van der Waals surface area contributed by atoms with Crippen molar-refractivity contribution in [2.45, 2.75) is 12.7 Å². The molecule has 1 N–H and O–H groups in total. The lowest BCUT2D eigenvalue weighted by molar-refractivity contribution is -0.134. The van der Waals surface area contributed by atoms with Crippen LogP contribution in [-0.2, 0) is 12.7 Å². The number of anilines is 1. The average Bonchev–Trinajstić information content (AvgIpc) is 3.23. The van der Waals surface area contributed by atoms with Gasteiger partial charge in [-0.1, -0.05) is 12.1 Å². The van der Waals surface area contributed by atoms with E-state index in [0.717, 1.165) is 11.6 Å². The fraction of sp³-hybridized carbons (Fsp3) is 0.190. The van der Waals surface area contributed by atoms with E-state index in [1.54, 1.807) is 24.4 Å². The van der Waals surface area contributed by atoms with Crippen molar-refractivity contribution in [3.63, 3.8) is 0 Å². The molecular formula is C21H15F3N4O2S. The summed E-state index contributed by atoms with van der Waals surface area (Å²) >= 11 is 0.587. The molecule has 1 aliphatic rings. The number of ether oxygens (including phenoxy) is 2. The zero-order valence-electron chi connectivity index (χ0n) is 15.9. The maximum absolute atomic E-state index is 13.3. The van der Waals surface area contributed by atoms with Crippen LogP contribution in [0.1, 0.15) is 10.4 Å². The first-order chi connectivity index (χ1) is 15.0. The van der Waals surface area contributed by atoms with Gasteiger partial charge in [0, 0.05) is 12.7 Å². The largest absolute Gasteiger partial charge is 0.486 e. The van der Waals surface area contributed by atoms with Crippen LogP contribution >= 0.6 is 11.3 Å². The van der Waals surface area contributed by atoms with Crippen LogP contribution < -0.4 is 14.8 Å². The Bertz CT molecular complexity index is 1240. The highest BCUT2D eigenvalue weighted by atomic mass is 32.1. The van der Waals surface area contributed by atoms with Crippen molar-refractivity contribution in [2.75, 3.05) is 18.5 Å². The van der Waals surface area contributed by atoms with E-state index >= 15 is 0 Å². The molecule has 1 aromatic carbocycles. The number of rotatable bonds is 4. The Morgan fingerprint density at radius 3 is 2.61 bits per heavy atom. The molecule has 0 aliphatic carbocycles. The van der Waals surface area contributed by atoms with E-state index in [0.29, 0.717) is 59.5 Å². The number of pyridine rings is 1. The molecule has 5 rings (SSSR count). The van der Waals surface area contributed by atoms with Gasteiger partial charge >= 0.3 is 6.18 Å². The summed E-state index contributed by atoms with van der Waals surface area (Å²) in [4.78, 5) is 12.5. The molecule has 0 radical (unpaired) electrons. The molecule has 0 bridgehead atoms. The first kappa shape index (κ1) is 19.6. The van der Waals surface area contributed by atoms with E-state index in [1.165, 1.54) is 0 Å². The highest BCUT2D eigenvalue weighted by Gasteiger charge is 2.33. The molecule has 4 aromatic rings. The van der Waals surface area contributed by atoms with Gasteiger partial charge in [0.05, 0.1) is 5.39 Å². The zero-order valence-corrected chi connectivity index (χ0v) is 16.8. The fourth-order valence-electron chi connectivity index (χ4n) is 3.19. The van der Waals surface area contributed by atoms with Crippen molar-refractivity contribution in [3.8, 4) is 23.0 Å². The van der Waals surface area contributed by atoms with Crippen molar-refractivity contribution in [2.24, 2.45) is 0 Å². The SMILES string of the molecule is FC(F)(F)c1cc2c(NCc3ccc4c(c3)OCCO4)nc(-c3ccccn3)nc2s1. The number of nitrogens with zero attached hydrogens (tertiary/aromatic N) is 3. The Morgan fingerprint density at radius 2 is 1.84 bits per heavy atom. The second-order valence-electron chi connectivity index (χ2n) is 6.77. The smallest absolute Gasteiger partial charge is 0.425 e. The monoisotopic (exact) mass is 444 g/mol. The van der Waals surface area contributed by atoms with Gasteiger partial charge in [-0.2, -0.15) is 13.2 Å². The average molecular weight is 444 g/mol. The van der Waals surface area contributed by atoms with Gasteiger partial charge < -0.3 is 14.8 Å². The van der Waals surface area contributed by atoms with E-state index in [2.05, 4.69) is 20.3 Å². The Labute approximate surface area is 178 Å². The van der Waals surface area contributed by atoms with Gasteiger partial charge in [-0.25, -0.2) is 9.97 Å². The summed E-state index contributed by atoms with van der Waals surface area (Å²) in [6.07, 6.45) is -2.87. The lowest BCUT2D eigenvalue weighted by atomic mass is 10.2. The highest BCUT2D eigenvalue weighted by Crippen LogP contribution is 2.40. The van der Waals surface area contributed by atoms with E-state index < -0.39 is 11.1 Å². The molecule has 0 unspecified atom stereocenters. The summed E-state index contributed by atoms with van der Waals surface area (Å²) in [6, 6.07) is 11.8. The summed E-state index contributed by atoms with van der Waals surface area (Å²) in [5.41, 5.74) is 1.36. The minimum atomic E-state index is -4.45. The van der Waals surface area contributed by atoms with Gasteiger partial charge in [0.1, 0.15) is 34.4 Å². The molecule has 3 aromatic heterocycles. The molecule has 10 heteroatoms. The lowest BCUT2D eigenvalue weighted by Crippen LogP contribution is -2.15. The summed E-state index contributed by atoms with van der Waals surface area (Å²) in [7, 11) is 0. The van der Waals surface area contributed by atoms with Crippen LogP contribution in [0.5, 0.6) is 11.5 Å². The second-order valence-corrected chi connectivity index (χ2v) is 7.80. The molecule has 0 fully saturated rings. The number of alkyl halides is 3. The number of hydrogen-bond donors (Lipinski definition) is 1. The molecule has 0 atom stereocenters. The fourth-order valence-corrected chi connectivity index (χ4v) is 4.09. The Morgan fingerprint density at radius 1 is 1.00 bits per heavy atom. The van der Waals surface area contributed by atoms with Crippen LogP contribution in [0, 0.1) is 0 Å². The van der Waals surface area contributed by atoms with Crippen LogP contribution in [0.4, 0.5) is 19.0 Å². The molecule has 0 amide bonds. The first-order valence-electron chi connectivity index (χ1n) is 9.40. The molecule has 4 heterocycles. The maximum Gasteiger partial charge on any atom is 0.425 e. The van der Waals surface area contributed by atoms with Gasteiger partial charge in [0.15, 0.2) is 17.3 Å². The van der Waals surface area contributed by atoms with Gasteiger partial charge in [-0.3, -0.25) is 4.98 Å². The number of thiophene rings is 1. The quantitative estimate of drug-likeness (QED) is 0.469. The van der Waals surface area contributed by atoms with Gasteiger partial charge in [0.25, 0.3) is 0 Å². The summed E-state index contributed by atoms with van der Waals surface area (Å²) in [6.45, 7) is 1.31. The summed E-state index contributed by atoms with van der Waals surface area (Å²) < 4.78 is 51.0. The number of hydrogen-bond acceptors (Lipinski definition) is 7. The third-order valence-electron chi connectivity index (χ3n) is 4.63. The highest BCUT2D eigenvalue weighted by molar-refractivity contribution is 7.18. The van der Waals surface area contributed by atoms with Crippen LogP contribution in [-0.4, -0.2) is 28.2 Å². The van der Waals surface area contributed by atoms with Crippen molar-refractivity contribution in [3.05, 3.63) is 59.1 Å². The molecule has 0 spiro atoms. The Balaban J connectivity index is 1.52. The third kappa shape index (κ3) is 3.98. The number of fused-ring (bicyclic) bond motifs is 2. The van der Waals surface area contributed by atoms with E-state index in [1.807, 2.05) is 18.2 Å². The van der Waals surface area contributed by atoms with E-state index in [9.17, 15) is 13.2 Å². The predicted molar refractivity (Wildman–Crippen MR) is 110 cm³/mol. The van der Waals surface area contributed by atoms with Gasteiger partial charge in [-0.05, 0) is 35.9 Å². The van der Waals surface area contributed by atoms with Gasteiger partial charge in [0.2, 0.25) is 0 Å². The third-order valence-corrected chi connectivity index (χ3v) is 5.71. The Hall–Kier alpha value is -3.40. The minimum absolute atomic E-state index is 0.243. The standard InChI is InChI=1S/C21H15F3N4O2S/c22-21(23,24)17-10-13-18(26-11-12-4-5-15-16(9-12)30-8-7-29-15)27-19(28-20(13)31-17)14-3-1-2-6-25-14/h1-6,9-10H,7-8,11H2,(H,26,27,28). The van der Waals surface area contributed by atoms with Crippen molar-refractivity contribution in [1.29, 1.82) is 0 Å². The van der Waals surface area contributed by atoms with Crippen molar-refractivity contribution < 1.29 is 22.6 Å². The molecule has 31 heavy (non-hydrogen) atoms. The molecule has 6 nitrogen and oxygen atoms in total. The molecular weight excluding hydrogens is 429 g/mol. The summed E-state index contributed by atoms with van der Waals surface area (Å²) in [5.74, 6) is 1.88. The first-order valence-corrected chi connectivity index (χ1v) is 10.2. The number of nitrogens with one attached hydrogen (secondary N) is 1. The van der Waals surface area contributed by atoms with Crippen molar-refractivity contribution in [1.82, 2.24) is 15.0 Å². The molecule has 158 valence electrons. The Kier molecular flexibility index (Phi) is 4.85. The summed E-state index contributed by atoms with van der Waals surface area (Å²) in [5, 5.41) is 3.46. The van der Waals surface area contributed by atoms with Crippen LogP contribution in [0.2, 0.25) is 0 Å². The number of benzene rings is 1. The molecule has 1 aliphatic heterocycles. The topological polar surface area (TPSA) is 69.2 Å². The maximum atomic E-state index is 13.3. The second kappa shape index (κ2) is 7.69.